The molecule has 166 valence electrons. The fourth-order valence-electron chi connectivity index (χ4n) is 4.26. The Hall–Kier alpha value is -3.15. The molecular weight excluding hydrogens is 400 g/mol. The van der Waals surface area contributed by atoms with Crippen molar-refractivity contribution in [1.82, 2.24) is 10.2 Å². The molecule has 1 aliphatic rings. The molecule has 1 aliphatic heterocycles. The van der Waals surface area contributed by atoms with Gasteiger partial charge in [0.15, 0.2) is 0 Å². The van der Waals surface area contributed by atoms with Crippen LogP contribution in [-0.4, -0.2) is 50.8 Å². The molecule has 5 heteroatoms. The number of nitrogens with one attached hydrogen (secondary N) is 1. The maximum Gasteiger partial charge on any atom is 0.232 e. The Balaban J connectivity index is 1.55. The molecule has 0 radical (unpaired) electrons. The van der Waals surface area contributed by atoms with E-state index in [4.69, 9.17) is 9.47 Å². The van der Waals surface area contributed by atoms with Crippen LogP contribution in [0.2, 0.25) is 0 Å². The Bertz CT molecular complexity index is 931. The second-order valence-electron chi connectivity index (χ2n) is 7.94. The minimum Gasteiger partial charge on any atom is -0.497 e. The van der Waals surface area contributed by atoms with E-state index in [-0.39, 0.29) is 17.9 Å². The molecule has 3 aromatic rings. The normalized spacial score (nSPS) is 15.3. The molecule has 0 saturated carbocycles. The van der Waals surface area contributed by atoms with Crippen LogP contribution < -0.4 is 10.1 Å². The van der Waals surface area contributed by atoms with Crippen molar-refractivity contribution in [2.24, 2.45) is 0 Å². The lowest BCUT2D eigenvalue weighted by atomic mass is 9.90. The Morgan fingerprint density at radius 2 is 1.44 bits per heavy atom. The van der Waals surface area contributed by atoms with Crippen LogP contribution in [0.15, 0.2) is 84.9 Å². The van der Waals surface area contributed by atoms with Crippen molar-refractivity contribution in [3.63, 3.8) is 0 Å². The van der Waals surface area contributed by atoms with Gasteiger partial charge in [-0.1, -0.05) is 72.8 Å². The average molecular weight is 431 g/mol. The lowest BCUT2D eigenvalue weighted by Crippen LogP contribution is -2.44. The molecule has 0 aliphatic carbocycles. The highest BCUT2D eigenvalue weighted by molar-refractivity contribution is 5.87. The Labute approximate surface area is 190 Å². The predicted octanol–water partition coefficient (Wildman–Crippen LogP) is 4.02. The molecular formula is C27H30N2O3. The van der Waals surface area contributed by atoms with Gasteiger partial charge in [-0.05, 0) is 28.8 Å². The van der Waals surface area contributed by atoms with Crippen LogP contribution >= 0.6 is 0 Å². The predicted molar refractivity (Wildman–Crippen MR) is 126 cm³/mol. The van der Waals surface area contributed by atoms with E-state index in [9.17, 15) is 4.79 Å². The number of hydrogen-bond acceptors (Lipinski definition) is 4. The van der Waals surface area contributed by atoms with E-state index < -0.39 is 0 Å². The zero-order valence-corrected chi connectivity index (χ0v) is 18.4. The maximum atomic E-state index is 13.5. The number of nitrogens with zero attached hydrogens (tertiary/aromatic N) is 1. The first-order chi connectivity index (χ1) is 15.8. The summed E-state index contributed by atoms with van der Waals surface area (Å²) < 4.78 is 10.9. The SMILES string of the molecule is COc1ccc([C@@H](CNC(=O)C(c2ccccc2)c2ccccc2)N2CCOCC2)cc1. The van der Waals surface area contributed by atoms with Gasteiger partial charge in [-0.2, -0.15) is 0 Å². The van der Waals surface area contributed by atoms with Crippen molar-refractivity contribution in [1.29, 1.82) is 0 Å². The van der Waals surface area contributed by atoms with Crippen LogP contribution in [0.1, 0.15) is 28.7 Å². The van der Waals surface area contributed by atoms with Crippen LogP contribution in [0, 0.1) is 0 Å². The molecule has 32 heavy (non-hydrogen) atoms. The smallest absolute Gasteiger partial charge is 0.232 e. The number of benzene rings is 3. The first-order valence-corrected chi connectivity index (χ1v) is 11.1. The second kappa shape index (κ2) is 10.9. The number of amides is 1. The zero-order valence-electron chi connectivity index (χ0n) is 18.4. The van der Waals surface area contributed by atoms with Gasteiger partial charge < -0.3 is 14.8 Å². The van der Waals surface area contributed by atoms with E-state index in [1.807, 2.05) is 72.8 Å². The highest BCUT2D eigenvalue weighted by Gasteiger charge is 2.26. The fourth-order valence-corrected chi connectivity index (χ4v) is 4.26. The highest BCUT2D eigenvalue weighted by atomic mass is 16.5. The van der Waals surface area contributed by atoms with Gasteiger partial charge in [0, 0.05) is 19.6 Å². The quantitative estimate of drug-likeness (QED) is 0.587. The van der Waals surface area contributed by atoms with Gasteiger partial charge in [0.05, 0.1) is 32.3 Å². The third-order valence-electron chi connectivity index (χ3n) is 5.98. The number of rotatable bonds is 8. The molecule has 1 heterocycles. The van der Waals surface area contributed by atoms with Gasteiger partial charge >= 0.3 is 0 Å². The minimum absolute atomic E-state index is 0.00849. The summed E-state index contributed by atoms with van der Waals surface area (Å²) in [6, 6.07) is 28.1. The molecule has 3 aromatic carbocycles. The highest BCUT2D eigenvalue weighted by Crippen LogP contribution is 2.27. The van der Waals surface area contributed by atoms with Gasteiger partial charge in [0.1, 0.15) is 5.75 Å². The van der Waals surface area contributed by atoms with Crippen molar-refractivity contribution in [3.8, 4) is 5.75 Å². The van der Waals surface area contributed by atoms with E-state index >= 15 is 0 Å². The number of carbonyl (C=O) groups is 1. The van der Waals surface area contributed by atoms with Crippen LogP contribution in [0.4, 0.5) is 0 Å². The van der Waals surface area contributed by atoms with Gasteiger partial charge in [-0.3, -0.25) is 9.69 Å². The first kappa shape index (κ1) is 22.1. The lowest BCUT2D eigenvalue weighted by molar-refractivity contribution is -0.122. The van der Waals surface area contributed by atoms with Crippen molar-refractivity contribution in [3.05, 3.63) is 102 Å². The Morgan fingerprint density at radius 1 is 0.875 bits per heavy atom. The topological polar surface area (TPSA) is 50.8 Å². The van der Waals surface area contributed by atoms with Crippen molar-refractivity contribution >= 4 is 5.91 Å². The molecule has 1 atom stereocenters. The van der Waals surface area contributed by atoms with E-state index in [1.165, 1.54) is 0 Å². The summed E-state index contributed by atoms with van der Waals surface area (Å²) in [5.74, 6) is 0.486. The van der Waals surface area contributed by atoms with Gasteiger partial charge in [0.25, 0.3) is 0 Å². The number of methoxy groups -OCH3 is 1. The van der Waals surface area contributed by atoms with Gasteiger partial charge in [-0.15, -0.1) is 0 Å². The molecule has 0 bridgehead atoms. The standard InChI is InChI=1S/C27H30N2O3/c1-31-24-14-12-21(13-15-24)25(29-16-18-32-19-17-29)20-28-27(30)26(22-8-4-2-5-9-22)23-10-6-3-7-11-23/h2-15,25-26H,16-20H2,1H3,(H,28,30)/t25-/m1/s1. The van der Waals surface area contributed by atoms with E-state index in [2.05, 4.69) is 22.3 Å². The van der Waals surface area contributed by atoms with Crippen LogP contribution in [0.3, 0.4) is 0 Å². The van der Waals surface area contributed by atoms with Crippen LogP contribution in [-0.2, 0) is 9.53 Å². The van der Waals surface area contributed by atoms with E-state index in [1.54, 1.807) is 7.11 Å². The van der Waals surface area contributed by atoms with E-state index in [0.29, 0.717) is 19.8 Å². The zero-order chi connectivity index (χ0) is 22.2. The molecule has 1 fully saturated rings. The van der Waals surface area contributed by atoms with Crippen molar-refractivity contribution < 1.29 is 14.3 Å². The summed E-state index contributed by atoms with van der Waals surface area (Å²) in [7, 11) is 1.67. The molecule has 0 spiro atoms. The summed E-state index contributed by atoms with van der Waals surface area (Å²) >= 11 is 0. The summed E-state index contributed by atoms with van der Waals surface area (Å²) in [6.07, 6.45) is 0. The van der Waals surface area contributed by atoms with Gasteiger partial charge in [0.2, 0.25) is 5.91 Å². The Kier molecular flexibility index (Phi) is 7.54. The third kappa shape index (κ3) is 5.36. The van der Waals surface area contributed by atoms with E-state index in [0.717, 1.165) is 35.5 Å². The number of morpholine rings is 1. The number of hydrogen-bond donors (Lipinski definition) is 1. The first-order valence-electron chi connectivity index (χ1n) is 11.1. The molecule has 0 unspecified atom stereocenters. The van der Waals surface area contributed by atoms with Crippen molar-refractivity contribution in [2.45, 2.75) is 12.0 Å². The van der Waals surface area contributed by atoms with Crippen LogP contribution in [0.25, 0.3) is 0 Å². The lowest BCUT2D eigenvalue weighted by Gasteiger charge is -2.35. The minimum atomic E-state index is -0.349. The second-order valence-corrected chi connectivity index (χ2v) is 7.94. The largest absolute Gasteiger partial charge is 0.497 e. The average Bonchev–Trinajstić information content (AvgIpc) is 2.87. The molecule has 1 amide bonds. The molecule has 0 aromatic heterocycles. The summed E-state index contributed by atoms with van der Waals surface area (Å²) in [5.41, 5.74) is 3.14. The molecule has 1 N–H and O–H groups in total. The molecule has 5 nitrogen and oxygen atoms in total. The summed E-state index contributed by atoms with van der Waals surface area (Å²) in [5, 5.41) is 3.25. The summed E-state index contributed by atoms with van der Waals surface area (Å²) in [4.78, 5) is 15.9. The Morgan fingerprint density at radius 3 is 1.97 bits per heavy atom. The molecule has 1 saturated heterocycles. The summed E-state index contributed by atoms with van der Waals surface area (Å²) in [6.45, 7) is 3.62. The monoisotopic (exact) mass is 430 g/mol. The van der Waals surface area contributed by atoms with Crippen LogP contribution in [0.5, 0.6) is 5.75 Å². The fraction of sp³-hybridized carbons (Fsp3) is 0.296. The number of ether oxygens (including phenoxy) is 2. The van der Waals surface area contributed by atoms with Crippen molar-refractivity contribution in [2.75, 3.05) is 40.0 Å². The molecule has 4 rings (SSSR count). The number of carbonyl (C=O) groups excluding carboxylic acids is 1. The van der Waals surface area contributed by atoms with Gasteiger partial charge in [-0.25, -0.2) is 0 Å². The maximum absolute atomic E-state index is 13.5. The third-order valence-corrected chi connectivity index (χ3v) is 5.98.